The van der Waals surface area contributed by atoms with Gasteiger partial charge in [-0.3, -0.25) is 0 Å². The molecule has 0 radical (unpaired) electrons. The summed E-state index contributed by atoms with van der Waals surface area (Å²) in [6.07, 6.45) is 0. The van der Waals surface area contributed by atoms with Gasteiger partial charge in [0, 0.05) is 17.6 Å². The molecule has 2 N–H and O–H groups in total. The number of carboxylic acids is 1. The van der Waals surface area contributed by atoms with Crippen LogP contribution in [-0.2, 0) is 4.74 Å². The van der Waals surface area contributed by atoms with Gasteiger partial charge in [-0.15, -0.1) is 0 Å². The standard InChI is InChI=1S/C12H13BrN2O4/c13-8-1-2-9(11(16)17)10(7-8)14-12(18)15-3-5-19-6-4-15/h1-2,7H,3-6H2,(H,14,18)(H,16,17). The summed E-state index contributed by atoms with van der Waals surface area (Å²) in [5, 5.41) is 11.7. The van der Waals surface area contributed by atoms with E-state index in [9.17, 15) is 9.59 Å². The zero-order chi connectivity index (χ0) is 13.8. The molecule has 0 aromatic heterocycles. The van der Waals surface area contributed by atoms with Gasteiger partial charge >= 0.3 is 12.0 Å². The van der Waals surface area contributed by atoms with Crippen LogP contribution in [0.2, 0.25) is 0 Å². The SMILES string of the molecule is O=C(O)c1ccc(Br)cc1NC(=O)N1CCOCC1. The maximum atomic E-state index is 12.0. The van der Waals surface area contributed by atoms with E-state index in [1.54, 1.807) is 17.0 Å². The number of hydrogen-bond acceptors (Lipinski definition) is 3. The van der Waals surface area contributed by atoms with Gasteiger partial charge in [0.05, 0.1) is 24.5 Å². The minimum absolute atomic E-state index is 0.0600. The van der Waals surface area contributed by atoms with Gasteiger partial charge in [-0.25, -0.2) is 9.59 Å². The van der Waals surface area contributed by atoms with Crippen molar-refractivity contribution < 1.29 is 19.4 Å². The summed E-state index contributed by atoms with van der Waals surface area (Å²) in [6.45, 7) is 2.00. The zero-order valence-electron chi connectivity index (χ0n) is 10.1. The van der Waals surface area contributed by atoms with Gasteiger partial charge in [-0.05, 0) is 18.2 Å². The highest BCUT2D eigenvalue weighted by Crippen LogP contribution is 2.22. The van der Waals surface area contributed by atoms with Crippen molar-refractivity contribution in [3.63, 3.8) is 0 Å². The zero-order valence-corrected chi connectivity index (χ0v) is 11.6. The Labute approximate surface area is 118 Å². The first-order valence-corrected chi connectivity index (χ1v) is 6.54. The lowest BCUT2D eigenvalue weighted by atomic mass is 10.2. The van der Waals surface area contributed by atoms with Crippen LogP contribution in [0, 0.1) is 0 Å². The summed E-state index contributed by atoms with van der Waals surface area (Å²) in [5.41, 5.74) is 0.336. The lowest BCUT2D eigenvalue weighted by Crippen LogP contribution is -2.43. The molecule has 0 spiro atoms. The monoisotopic (exact) mass is 328 g/mol. The van der Waals surface area contributed by atoms with Gasteiger partial charge < -0.3 is 20.1 Å². The number of nitrogens with zero attached hydrogens (tertiary/aromatic N) is 1. The van der Waals surface area contributed by atoms with E-state index in [-0.39, 0.29) is 17.3 Å². The van der Waals surface area contributed by atoms with Crippen LogP contribution in [0.25, 0.3) is 0 Å². The molecule has 1 fully saturated rings. The Morgan fingerprint density at radius 2 is 2.00 bits per heavy atom. The minimum Gasteiger partial charge on any atom is -0.478 e. The number of amides is 2. The number of rotatable bonds is 2. The molecule has 0 aliphatic carbocycles. The molecule has 0 bridgehead atoms. The Balaban J connectivity index is 2.15. The van der Waals surface area contributed by atoms with Crippen LogP contribution in [0.15, 0.2) is 22.7 Å². The number of carbonyl (C=O) groups is 2. The highest BCUT2D eigenvalue weighted by atomic mass is 79.9. The summed E-state index contributed by atoms with van der Waals surface area (Å²) in [5.74, 6) is -1.08. The number of aromatic carboxylic acids is 1. The fraction of sp³-hybridized carbons (Fsp3) is 0.333. The van der Waals surface area contributed by atoms with Crippen molar-refractivity contribution >= 4 is 33.6 Å². The van der Waals surface area contributed by atoms with E-state index in [1.807, 2.05) is 0 Å². The number of anilines is 1. The normalized spacial score (nSPS) is 15.1. The Morgan fingerprint density at radius 1 is 1.32 bits per heavy atom. The first-order chi connectivity index (χ1) is 9.08. The lowest BCUT2D eigenvalue weighted by molar-refractivity contribution is 0.0564. The van der Waals surface area contributed by atoms with Crippen molar-refractivity contribution in [3.8, 4) is 0 Å². The molecule has 19 heavy (non-hydrogen) atoms. The van der Waals surface area contributed by atoms with E-state index in [0.717, 1.165) is 0 Å². The number of carboxylic acid groups (broad SMARTS) is 1. The van der Waals surface area contributed by atoms with Gasteiger partial charge in [0.25, 0.3) is 0 Å². The fourth-order valence-corrected chi connectivity index (χ4v) is 2.13. The number of morpholine rings is 1. The molecule has 2 rings (SSSR count). The van der Waals surface area contributed by atoms with Crippen LogP contribution in [0.3, 0.4) is 0 Å². The number of halogens is 1. The fourth-order valence-electron chi connectivity index (χ4n) is 1.77. The summed E-state index contributed by atoms with van der Waals surface area (Å²) < 4.78 is 5.86. The van der Waals surface area contributed by atoms with Gasteiger partial charge in [0.15, 0.2) is 0 Å². The first-order valence-electron chi connectivity index (χ1n) is 5.74. The van der Waals surface area contributed by atoms with Crippen LogP contribution >= 0.6 is 15.9 Å². The summed E-state index contributed by atoms with van der Waals surface area (Å²) in [4.78, 5) is 24.7. The smallest absolute Gasteiger partial charge is 0.337 e. The molecule has 0 atom stereocenters. The molecule has 1 heterocycles. The number of hydrogen-bond donors (Lipinski definition) is 2. The van der Waals surface area contributed by atoms with E-state index < -0.39 is 5.97 Å². The molecule has 102 valence electrons. The van der Waals surface area contributed by atoms with Crippen LogP contribution in [0.5, 0.6) is 0 Å². The third-order valence-corrected chi connectivity index (χ3v) is 3.25. The van der Waals surface area contributed by atoms with Gasteiger partial charge in [-0.1, -0.05) is 15.9 Å². The van der Waals surface area contributed by atoms with Crippen molar-refractivity contribution in [2.24, 2.45) is 0 Å². The van der Waals surface area contributed by atoms with E-state index in [1.165, 1.54) is 6.07 Å². The maximum absolute atomic E-state index is 12.0. The molecule has 1 saturated heterocycles. The molecular weight excluding hydrogens is 316 g/mol. The molecule has 1 aromatic rings. The molecule has 0 unspecified atom stereocenters. The third-order valence-electron chi connectivity index (χ3n) is 2.75. The average molecular weight is 329 g/mol. The largest absolute Gasteiger partial charge is 0.478 e. The Bertz CT molecular complexity index is 501. The number of ether oxygens (including phenoxy) is 1. The van der Waals surface area contributed by atoms with Crippen LogP contribution in [0.1, 0.15) is 10.4 Å². The predicted octanol–water partition coefficient (Wildman–Crippen LogP) is 2.01. The van der Waals surface area contributed by atoms with Crippen LogP contribution in [-0.4, -0.2) is 48.3 Å². The predicted molar refractivity (Wildman–Crippen MR) is 72.5 cm³/mol. The summed E-state index contributed by atoms with van der Waals surface area (Å²) in [7, 11) is 0. The molecule has 0 saturated carbocycles. The van der Waals surface area contributed by atoms with Crippen LogP contribution in [0.4, 0.5) is 10.5 Å². The number of carbonyl (C=O) groups excluding carboxylic acids is 1. The van der Waals surface area contributed by atoms with Gasteiger partial charge in [0.2, 0.25) is 0 Å². The van der Waals surface area contributed by atoms with Gasteiger partial charge in [0.1, 0.15) is 0 Å². The minimum atomic E-state index is -1.08. The number of nitrogens with one attached hydrogen (secondary N) is 1. The molecule has 2 amide bonds. The maximum Gasteiger partial charge on any atom is 0.337 e. The molecule has 6 nitrogen and oxygen atoms in total. The van der Waals surface area contributed by atoms with Gasteiger partial charge in [-0.2, -0.15) is 0 Å². The van der Waals surface area contributed by atoms with E-state index in [4.69, 9.17) is 9.84 Å². The lowest BCUT2D eigenvalue weighted by Gasteiger charge is -2.27. The highest BCUT2D eigenvalue weighted by molar-refractivity contribution is 9.10. The molecule has 1 aliphatic heterocycles. The Hall–Kier alpha value is -1.60. The Morgan fingerprint density at radius 3 is 2.63 bits per heavy atom. The van der Waals surface area contributed by atoms with E-state index >= 15 is 0 Å². The number of urea groups is 1. The Kier molecular flexibility index (Phi) is 4.39. The second-order valence-corrected chi connectivity index (χ2v) is 4.94. The topological polar surface area (TPSA) is 78.9 Å². The average Bonchev–Trinajstić information content (AvgIpc) is 2.39. The third kappa shape index (κ3) is 3.45. The van der Waals surface area contributed by atoms with Crippen molar-refractivity contribution in [2.75, 3.05) is 31.6 Å². The van der Waals surface area contributed by atoms with Crippen molar-refractivity contribution in [3.05, 3.63) is 28.2 Å². The highest BCUT2D eigenvalue weighted by Gasteiger charge is 2.19. The summed E-state index contributed by atoms with van der Waals surface area (Å²) >= 11 is 3.25. The van der Waals surface area contributed by atoms with Crippen molar-refractivity contribution in [2.45, 2.75) is 0 Å². The molecule has 7 heteroatoms. The van der Waals surface area contributed by atoms with Crippen LogP contribution < -0.4 is 5.32 Å². The number of benzene rings is 1. The van der Waals surface area contributed by atoms with E-state index in [2.05, 4.69) is 21.2 Å². The quantitative estimate of drug-likeness (QED) is 0.870. The second kappa shape index (κ2) is 6.03. The molecular formula is C12H13BrN2O4. The van der Waals surface area contributed by atoms with Crippen molar-refractivity contribution in [1.82, 2.24) is 4.90 Å². The molecule has 1 aliphatic rings. The second-order valence-electron chi connectivity index (χ2n) is 4.02. The first kappa shape index (κ1) is 13.8. The van der Waals surface area contributed by atoms with Crippen molar-refractivity contribution in [1.29, 1.82) is 0 Å². The van der Waals surface area contributed by atoms with E-state index in [0.29, 0.717) is 30.8 Å². The molecule has 1 aromatic carbocycles. The summed E-state index contributed by atoms with van der Waals surface area (Å²) in [6, 6.07) is 4.32.